The van der Waals surface area contributed by atoms with Crippen molar-refractivity contribution in [1.82, 2.24) is 0 Å². The van der Waals surface area contributed by atoms with Gasteiger partial charge in [-0.15, -0.1) is 0 Å². The molecule has 0 saturated heterocycles. The number of benzene rings is 2. The Kier molecular flexibility index (Phi) is 3.10. The van der Waals surface area contributed by atoms with Crippen LogP contribution < -0.4 is 0 Å². The quantitative estimate of drug-likeness (QED) is 0.581. The third-order valence-electron chi connectivity index (χ3n) is 5.18. The second-order valence-corrected chi connectivity index (χ2v) is 6.49. The van der Waals surface area contributed by atoms with E-state index in [1.165, 1.54) is 55.2 Å². The first-order valence-electron chi connectivity index (χ1n) is 8.11. The summed E-state index contributed by atoms with van der Waals surface area (Å²) in [6.07, 6.45) is 9.67. The SMILES string of the molecule is c1ccc2c(c1)Cc1c(CC3CCCCC3)cccc1-2. The van der Waals surface area contributed by atoms with Crippen molar-refractivity contribution in [2.24, 2.45) is 5.92 Å². The molecule has 0 unspecified atom stereocenters. The molecular formula is C20H22. The Hall–Kier alpha value is -1.56. The predicted molar refractivity (Wildman–Crippen MR) is 85.0 cm³/mol. The van der Waals surface area contributed by atoms with Crippen LogP contribution in [0.2, 0.25) is 0 Å². The van der Waals surface area contributed by atoms with Gasteiger partial charge in [0.1, 0.15) is 0 Å². The zero-order valence-electron chi connectivity index (χ0n) is 12.1. The van der Waals surface area contributed by atoms with Crippen molar-refractivity contribution in [3.63, 3.8) is 0 Å². The third-order valence-corrected chi connectivity index (χ3v) is 5.18. The van der Waals surface area contributed by atoms with E-state index in [1.807, 2.05) is 0 Å². The van der Waals surface area contributed by atoms with E-state index in [9.17, 15) is 0 Å². The molecule has 1 saturated carbocycles. The first kappa shape index (κ1) is 12.2. The van der Waals surface area contributed by atoms with Crippen LogP contribution in [0.5, 0.6) is 0 Å². The first-order valence-corrected chi connectivity index (χ1v) is 8.11. The Labute approximate surface area is 121 Å². The van der Waals surface area contributed by atoms with Crippen LogP contribution >= 0.6 is 0 Å². The largest absolute Gasteiger partial charge is 0.0619 e. The van der Waals surface area contributed by atoms with Gasteiger partial charge in [0.05, 0.1) is 0 Å². The number of fused-ring (bicyclic) bond motifs is 3. The molecule has 4 rings (SSSR count). The van der Waals surface area contributed by atoms with E-state index >= 15 is 0 Å². The first-order chi connectivity index (χ1) is 9.92. The average molecular weight is 262 g/mol. The van der Waals surface area contributed by atoms with E-state index in [4.69, 9.17) is 0 Å². The van der Waals surface area contributed by atoms with E-state index in [2.05, 4.69) is 42.5 Å². The normalized spacial score (nSPS) is 17.8. The molecule has 0 bridgehead atoms. The molecular weight excluding hydrogens is 240 g/mol. The topological polar surface area (TPSA) is 0 Å². The molecule has 0 spiro atoms. The highest BCUT2D eigenvalue weighted by molar-refractivity contribution is 5.77. The summed E-state index contributed by atoms with van der Waals surface area (Å²) >= 11 is 0. The summed E-state index contributed by atoms with van der Waals surface area (Å²) < 4.78 is 0. The molecule has 102 valence electrons. The lowest BCUT2D eigenvalue weighted by molar-refractivity contribution is 0.356. The molecule has 0 heterocycles. The van der Waals surface area contributed by atoms with Crippen LogP contribution in [0.15, 0.2) is 42.5 Å². The van der Waals surface area contributed by atoms with Gasteiger partial charge in [-0.1, -0.05) is 74.6 Å². The van der Waals surface area contributed by atoms with Crippen molar-refractivity contribution < 1.29 is 0 Å². The van der Waals surface area contributed by atoms with Gasteiger partial charge < -0.3 is 0 Å². The van der Waals surface area contributed by atoms with Crippen LogP contribution in [-0.2, 0) is 12.8 Å². The van der Waals surface area contributed by atoms with Gasteiger partial charge in [-0.2, -0.15) is 0 Å². The van der Waals surface area contributed by atoms with Crippen molar-refractivity contribution >= 4 is 0 Å². The minimum Gasteiger partial charge on any atom is -0.0619 e. The molecule has 2 aromatic carbocycles. The highest BCUT2D eigenvalue weighted by Gasteiger charge is 2.22. The summed E-state index contributed by atoms with van der Waals surface area (Å²) in [5.41, 5.74) is 7.70. The van der Waals surface area contributed by atoms with Gasteiger partial charge >= 0.3 is 0 Å². The Morgan fingerprint density at radius 2 is 1.60 bits per heavy atom. The fraction of sp³-hybridized carbons (Fsp3) is 0.400. The summed E-state index contributed by atoms with van der Waals surface area (Å²) in [5, 5.41) is 0. The van der Waals surface area contributed by atoms with Gasteiger partial charge in [0.15, 0.2) is 0 Å². The molecule has 0 amide bonds. The monoisotopic (exact) mass is 262 g/mol. The molecule has 2 aliphatic carbocycles. The van der Waals surface area contributed by atoms with Crippen LogP contribution in [0.4, 0.5) is 0 Å². The molecule has 0 N–H and O–H groups in total. The average Bonchev–Trinajstić information content (AvgIpc) is 2.88. The van der Waals surface area contributed by atoms with Gasteiger partial charge in [-0.3, -0.25) is 0 Å². The van der Waals surface area contributed by atoms with Crippen molar-refractivity contribution in [3.05, 3.63) is 59.2 Å². The maximum absolute atomic E-state index is 2.37. The van der Waals surface area contributed by atoms with E-state index in [0.29, 0.717) is 0 Å². The van der Waals surface area contributed by atoms with Crippen molar-refractivity contribution in [2.45, 2.75) is 44.9 Å². The van der Waals surface area contributed by atoms with E-state index in [1.54, 1.807) is 11.1 Å². The van der Waals surface area contributed by atoms with Gasteiger partial charge in [0.25, 0.3) is 0 Å². The minimum atomic E-state index is 0.930. The van der Waals surface area contributed by atoms with Crippen molar-refractivity contribution in [2.75, 3.05) is 0 Å². The van der Waals surface area contributed by atoms with Crippen molar-refractivity contribution in [3.8, 4) is 11.1 Å². The smallest absolute Gasteiger partial charge is 0.00107 e. The zero-order chi connectivity index (χ0) is 13.4. The van der Waals surface area contributed by atoms with Gasteiger partial charge in [-0.25, -0.2) is 0 Å². The molecule has 0 heteroatoms. The fourth-order valence-electron chi connectivity index (χ4n) is 4.12. The Bertz CT molecular complexity index is 618. The number of hydrogen-bond donors (Lipinski definition) is 0. The van der Waals surface area contributed by atoms with E-state index < -0.39 is 0 Å². The molecule has 0 radical (unpaired) electrons. The number of hydrogen-bond acceptors (Lipinski definition) is 0. The van der Waals surface area contributed by atoms with Crippen LogP contribution in [0.1, 0.15) is 48.8 Å². The summed E-state index contributed by atoms with van der Waals surface area (Å²) in [6.45, 7) is 0. The van der Waals surface area contributed by atoms with E-state index in [-0.39, 0.29) is 0 Å². The summed E-state index contributed by atoms with van der Waals surface area (Å²) in [5.74, 6) is 0.930. The molecule has 0 aliphatic heterocycles. The molecule has 2 aromatic rings. The van der Waals surface area contributed by atoms with Gasteiger partial charge in [0.2, 0.25) is 0 Å². The maximum Gasteiger partial charge on any atom is -0.00107 e. The minimum absolute atomic E-state index is 0.930. The fourth-order valence-corrected chi connectivity index (χ4v) is 4.12. The van der Waals surface area contributed by atoms with Crippen LogP contribution in [0.3, 0.4) is 0 Å². The summed E-state index contributed by atoms with van der Waals surface area (Å²) in [4.78, 5) is 0. The molecule has 0 nitrogen and oxygen atoms in total. The Morgan fingerprint density at radius 3 is 2.50 bits per heavy atom. The standard InChI is InChI=1S/C20H22/c1-2-7-15(8-3-1)13-16-10-6-12-19-18-11-5-4-9-17(18)14-20(16)19/h4-6,9-12,15H,1-3,7-8,13-14H2. The Balaban J connectivity index is 1.66. The highest BCUT2D eigenvalue weighted by Crippen LogP contribution is 2.39. The summed E-state index contributed by atoms with van der Waals surface area (Å²) in [7, 11) is 0. The van der Waals surface area contributed by atoms with Crippen LogP contribution in [0.25, 0.3) is 11.1 Å². The number of rotatable bonds is 2. The third kappa shape index (κ3) is 2.08. The molecule has 0 aromatic heterocycles. The lowest BCUT2D eigenvalue weighted by atomic mass is 9.83. The second kappa shape index (κ2) is 5.09. The highest BCUT2D eigenvalue weighted by atomic mass is 14.3. The molecule has 0 atom stereocenters. The van der Waals surface area contributed by atoms with Gasteiger partial charge in [0, 0.05) is 0 Å². The predicted octanol–water partition coefficient (Wildman–Crippen LogP) is 5.38. The lowest BCUT2D eigenvalue weighted by Crippen LogP contribution is -2.10. The summed E-state index contributed by atoms with van der Waals surface area (Å²) in [6, 6.07) is 15.9. The maximum atomic E-state index is 2.37. The zero-order valence-corrected chi connectivity index (χ0v) is 12.1. The molecule has 1 fully saturated rings. The van der Waals surface area contributed by atoms with Gasteiger partial charge in [-0.05, 0) is 46.6 Å². The molecule has 20 heavy (non-hydrogen) atoms. The van der Waals surface area contributed by atoms with Crippen molar-refractivity contribution in [1.29, 1.82) is 0 Å². The lowest BCUT2D eigenvalue weighted by Gasteiger charge is -2.22. The molecule has 2 aliphatic rings. The van der Waals surface area contributed by atoms with Crippen LogP contribution in [0, 0.1) is 5.92 Å². The van der Waals surface area contributed by atoms with E-state index in [0.717, 1.165) is 12.3 Å². The van der Waals surface area contributed by atoms with Crippen LogP contribution in [-0.4, -0.2) is 0 Å². The second-order valence-electron chi connectivity index (χ2n) is 6.49. The Morgan fingerprint density at radius 1 is 0.800 bits per heavy atom.